The number of benzene rings is 8. The van der Waals surface area contributed by atoms with Gasteiger partial charge in [-0.3, -0.25) is 19.2 Å². The van der Waals surface area contributed by atoms with Gasteiger partial charge in [-0.25, -0.2) is 0 Å². The van der Waals surface area contributed by atoms with E-state index in [9.17, 15) is 19.2 Å². The molecule has 0 spiro atoms. The molecule has 2 aliphatic carbocycles. The molecule has 0 radical (unpaired) electrons. The zero-order chi connectivity index (χ0) is 80.3. The van der Waals surface area contributed by atoms with Crippen LogP contribution in [0.25, 0.3) is 0 Å². The van der Waals surface area contributed by atoms with Crippen LogP contribution in [0.3, 0.4) is 0 Å². The van der Waals surface area contributed by atoms with Crippen LogP contribution in [0.2, 0.25) is 0 Å². The number of anilines is 8. The standard InChI is InChI=1S/C25H34N2O5.C25H30N2O3.C21H26N2O4.C19H19N3O3/c1-4-30-12-11-26-21-7-6-8-22(17-21)27-18-20(16-25(27)28)19-9-10-23(29-3)24(15-19)32-14-13-31-5-2;1-29-23-10-9-19(11-24(23)30-16-18-7-8-18)20-12-25(28)27(15-20)22-4-2-3-21(13-22)26-14-17-5-6-17;1-3-26-9-10-27-20-11-15(7-8-19(20)25-2)16-12-21(24)23(14-16)18-6-4-5-17(22)13-18;1-24-17-6-5-13(9-18(17)25-8-7-20)14-10-19(23)22(12-14)16-4-2-3-15(21)11-16/h6-10,15,17,20,26H,4-5,11-14,16,18H2,1-3H3;2-4,9-11,13,17-18,20,26H,5-8,12,14-16H2,1H3;4-8,11,13,16H,3,9-10,12,14,22H2,1-2H3;2-6,9,11,14H,8,10,12,21H2,1H3/t2*20-;16-;14-/m0000/s1. The van der Waals surface area contributed by atoms with Gasteiger partial charge in [0.2, 0.25) is 23.6 Å². The number of hydrogen-bond donors (Lipinski definition) is 4. The van der Waals surface area contributed by atoms with E-state index in [1.807, 2.05) is 164 Å². The fraction of sp³-hybridized carbons (Fsp3) is 0.411. The van der Waals surface area contributed by atoms with E-state index in [1.165, 1.54) is 25.7 Å². The molecule has 8 aromatic rings. The predicted molar refractivity (Wildman–Crippen MR) is 445 cm³/mol. The molecule has 4 amide bonds. The van der Waals surface area contributed by atoms with Gasteiger partial charge in [0, 0.05) is 154 Å². The summed E-state index contributed by atoms with van der Waals surface area (Å²) in [5.41, 5.74) is 22.8. The molecule has 114 heavy (non-hydrogen) atoms. The van der Waals surface area contributed by atoms with Crippen molar-refractivity contribution in [2.45, 2.75) is 95.8 Å². The molecule has 2 saturated carbocycles. The summed E-state index contributed by atoms with van der Waals surface area (Å²) >= 11 is 0. The Morgan fingerprint density at radius 1 is 0.386 bits per heavy atom. The monoisotopic (exact) mass is 1560 g/mol. The molecule has 8 aromatic carbocycles. The Morgan fingerprint density at radius 2 is 0.728 bits per heavy atom. The number of nitrogens with one attached hydrogen (secondary N) is 2. The normalized spacial score (nSPS) is 17.5. The van der Waals surface area contributed by atoms with E-state index < -0.39 is 0 Å². The van der Waals surface area contributed by atoms with Gasteiger partial charge in [-0.05, 0) is 202 Å². The molecule has 24 heteroatoms. The molecule has 6 aliphatic rings. The highest BCUT2D eigenvalue weighted by molar-refractivity contribution is 5.99. The zero-order valence-electron chi connectivity index (χ0n) is 66.6. The average Bonchev–Trinajstić information content (AvgIpc) is 1.67. The number of rotatable bonds is 35. The van der Waals surface area contributed by atoms with E-state index in [0.29, 0.717) is 157 Å². The van der Waals surface area contributed by atoms with Crippen molar-refractivity contribution in [2.75, 3.05) is 175 Å². The highest BCUT2D eigenvalue weighted by Gasteiger charge is 2.37. The van der Waals surface area contributed by atoms with Crippen molar-refractivity contribution in [2.24, 2.45) is 11.8 Å². The highest BCUT2D eigenvalue weighted by atomic mass is 16.5. The number of carbonyl (C=O) groups excluding carboxylic acids is 4. The number of nitriles is 1. The molecule has 0 unspecified atom stereocenters. The Kier molecular flexibility index (Phi) is 30.7. The number of ether oxygens (including phenoxy) is 11. The molecule has 4 saturated heterocycles. The number of nitrogen functional groups attached to an aromatic ring is 2. The topological polar surface area (TPSA) is 283 Å². The van der Waals surface area contributed by atoms with Crippen molar-refractivity contribution < 1.29 is 71.3 Å². The Balaban J connectivity index is 0.000000150. The quantitative estimate of drug-likeness (QED) is 0.0212. The molecule has 604 valence electrons. The third kappa shape index (κ3) is 23.4. The lowest BCUT2D eigenvalue weighted by Crippen LogP contribution is -2.24. The number of nitrogens with two attached hydrogens (primary N) is 2. The molecule has 4 heterocycles. The maximum Gasteiger partial charge on any atom is 0.227 e. The molecule has 4 atom stereocenters. The van der Waals surface area contributed by atoms with Gasteiger partial charge in [-0.15, -0.1) is 0 Å². The van der Waals surface area contributed by atoms with Gasteiger partial charge in [0.25, 0.3) is 0 Å². The maximum absolute atomic E-state index is 12.8. The van der Waals surface area contributed by atoms with Gasteiger partial charge >= 0.3 is 0 Å². The van der Waals surface area contributed by atoms with Crippen molar-refractivity contribution >= 4 is 69.1 Å². The van der Waals surface area contributed by atoms with E-state index in [2.05, 4.69) is 34.9 Å². The summed E-state index contributed by atoms with van der Waals surface area (Å²) in [7, 11) is 6.46. The second-order valence-electron chi connectivity index (χ2n) is 28.8. The highest BCUT2D eigenvalue weighted by Crippen LogP contribution is 2.43. The summed E-state index contributed by atoms with van der Waals surface area (Å²) in [6.45, 7) is 15.5. The van der Waals surface area contributed by atoms with Gasteiger partial charge in [0.1, 0.15) is 19.3 Å². The lowest BCUT2D eigenvalue weighted by atomic mass is 9.98. The van der Waals surface area contributed by atoms with Crippen LogP contribution in [0, 0.1) is 23.2 Å². The predicted octanol–water partition coefficient (Wildman–Crippen LogP) is 14.8. The van der Waals surface area contributed by atoms with Crippen LogP contribution in [-0.2, 0) is 33.4 Å². The molecule has 6 N–H and O–H groups in total. The van der Waals surface area contributed by atoms with E-state index in [4.69, 9.17) is 68.8 Å². The molecule has 24 nitrogen and oxygen atoms in total. The van der Waals surface area contributed by atoms with Crippen molar-refractivity contribution in [1.29, 1.82) is 5.26 Å². The molecule has 14 rings (SSSR count). The first-order chi connectivity index (χ1) is 55.6. The smallest absolute Gasteiger partial charge is 0.227 e. The molecular formula is C90H109N9O15. The van der Waals surface area contributed by atoms with Crippen LogP contribution in [0.4, 0.5) is 45.5 Å². The summed E-state index contributed by atoms with van der Waals surface area (Å²) < 4.78 is 60.7. The van der Waals surface area contributed by atoms with Gasteiger partial charge in [0.05, 0.1) is 54.9 Å². The van der Waals surface area contributed by atoms with Crippen LogP contribution in [0.1, 0.15) is 118 Å². The Labute approximate surface area is 669 Å². The van der Waals surface area contributed by atoms with Gasteiger partial charge in [-0.2, -0.15) is 5.26 Å². The van der Waals surface area contributed by atoms with Gasteiger partial charge < -0.3 is 93.8 Å². The van der Waals surface area contributed by atoms with Crippen LogP contribution >= 0.6 is 0 Å². The van der Waals surface area contributed by atoms with Crippen LogP contribution in [0.5, 0.6) is 46.0 Å². The first-order valence-corrected chi connectivity index (χ1v) is 39.5. The van der Waals surface area contributed by atoms with E-state index in [0.717, 1.165) is 93.5 Å². The molecular weight excluding hydrogens is 1450 g/mol. The van der Waals surface area contributed by atoms with Crippen LogP contribution < -0.4 is 79.6 Å². The van der Waals surface area contributed by atoms with E-state index >= 15 is 0 Å². The van der Waals surface area contributed by atoms with Crippen molar-refractivity contribution in [3.05, 3.63) is 192 Å². The number of amides is 4. The van der Waals surface area contributed by atoms with Crippen molar-refractivity contribution in [1.82, 2.24) is 0 Å². The Hall–Kier alpha value is -11.4. The number of nitrogens with zero attached hydrogens (tertiary/aromatic N) is 5. The van der Waals surface area contributed by atoms with Crippen LogP contribution in [-0.4, -0.2) is 157 Å². The second-order valence-corrected chi connectivity index (χ2v) is 28.8. The SMILES string of the molecule is CCOCCNc1cccc(N2C[C@@H](c3ccc(OC)c(OCCOCC)c3)CC2=O)c1.CCOCCOc1cc([C@H]2CC(=O)N(c3cccc(N)c3)C2)ccc1OC.COc1ccc([C@H]2CC(=O)N(c3cccc(N)c3)C2)cc1OCC#N.COc1ccc([C@H]2CC(=O)N(c3cccc(NCC4CC4)c3)C2)cc1OCC1CC1. The van der Waals surface area contributed by atoms with E-state index in [1.54, 1.807) is 56.4 Å². The summed E-state index contributed by atoms with van der Waals surface area (Å²) in [5.74, 6) is 7.68. The third-order valence-electron chi connectivity index (χ3n) is 20.7. The fourth-order valence-corrected chi connectivity index (χ4v) is 14.2. The fourth-order valence-electron chi connectivity index (χ4n) is 14.2. The first-order valence-electron chi connectivity index (χ1n) is 39.5. The molecule has 0 aromatic heterocycles. The molecule has 4 aliphatic heterocycles. The molecule has 0 bridgehead atoms. The number of hydrogen-bond acceptors (Lipinski definition) is 20. The minimum Gasteiger partial charge on any atom is -0.493 e. The summed E-state index contributed by atoms with van der Waals surface area (Å²) in [6.07, 6.45) is 7.02. The zero-order valence-corrected chi connectivity index (χ0v) is 66.6. The first kappa shape index (κ1) is 83.5. The largest absolute Gasteiger partial charge is 0.493 e. The second kappa shape index (κ2) is 41.9. The summed E-state index contributed by atoms with van der Waals surface area (Å²) in [4.78, 5) is 58.0. The average molecular weight is 1560 g/mol. The lowest BCUT2D eigenvalue weighted by molar-refractivity contribution is -0.118. The Morgan fingerprint density at radius 3 is 1.08 bits per heavy atom. The van der Waals surface area contributed by atoms with Crippen LogP contribution in [0.15, 0.2) is 170 Å². The summed E-state index contributed by atoms with van der Waals surface area (Å²) in [5, 5.41) is 15.6. The third-order valence-corrected chi connectivity index (χ3v) is 20.7. The van der Waals surface area contributed by atoms with Crippen molar-refractivity contribution in [3.8, 4) is 52.1 Å². The van der Waals surface area contributed by atoms with Crippen molar-refractivity contribution in [3.63, 3.8) is 0 Å². The van der Waals surface area contributed by atoms with E-state index in [-0.39, 0.29) is 53.9 Å². The van der Waals surface area contributed by atoms with Gasteiger partial charge in [0.15, 0.2) is 52.6 Å². The molecule has 6 fully saturated rings. The number of carbonyl (C=O) groups is 4. The number of methoxy groups -OCH3 is 4. The Bertz CT molecular complexity index is 4550. The minimum absolute atomic E-state index is 0.0456. The maximum atomic E-state index is 12.8. The summed E-state index contributed by atoms with van der Waals surface area (Å²) in [6, 6.07) is 56.3. The minimum atomic E-state index is -0.0567. The lowest BCUT2D eigenvalue weighted by Gasteiger charge is -2.19. The van der Waals surface area contributed by atoms with Gasteiger partial charge in [-0.1, -0.05) is 48.5 Å².